The van der Waals surface area contributed by atoms with Crippen molar-refractivity contribution in [3.63, 3.8) is 0 Å². The van der Waals surface area contributed by atoms with E-state index in [0.717, 1.165) is 14.8 Å². The van der Waals surface area contributed by atoms with Crippen molar-refractivity contribution in [1.82, 2.24) is 5.32 Å². The summed E-state index contributed by atoms with van der Waals surface area (Å²) in [5, 5.41) is 2.75. The molecule has 0 bridgehead atoms. The number of amides is 1. The van der Waals surface area contributed by atoms with Crippen LogP contribution in [0.1, 0.15) is 12.5 Å². The van der Waals surface area contributed by atoms with Gasteiger partial charge in [-0.3, -0.25) is 9.10 Å². The Balaban J connectivity index is 1.78. The van der Waals surface area contributed by atoms with Gasteiger partial charge in [-0.2, -0.15) is 0 Å². The molecular formula is C26H30N2O5S2. The number of hydrogen-bond donors (Lipinski definition) is 1. The predicted molar refractivity (Wildman–Crippen MR) is 140 cm³/mol. The normalized spacial score (nSPS) is 11.1. The van der Waals surface area contributed by atoms with Crippen molar-refractivity contribution in [2.75, 3.05) is 36.9 Å². The van der Waals surface area contributed by atoms with Crippen LogP contribution in [0.25, 0.3) is 0 Å². The van der Waals surface area contributed by atoms with Crippen molar-refractivity contribution in [3.05, 3.63) is 78.4 Å². The second-order valence-electron chi connectivity index (χ2n) is 7.60. The molecular weight excluding hydrogens is 484 g/mol. The second kappa shape index (κ2) is 12.5. The molecule has 0 radical (unpaired) electrons. The Morgan fingerprint density at radius 1 is 1.00 bits per heavy atom. The maximum absolute atomic E-state index is 13.6. The number of para-hydroxylation sites is 2. The molecule has 1 amide bonds. The lowest BCUT2D eigenvalue weighted by atomic mass is 10.2. The van der Waals surface area contributed by atoms with Crippen LogP contribution in [0.2, 0.25) is 0 Å². The van der Waals surface area contributed by atoms with E-state index < -0.39 is 22.5 Å². The summed E-state index contributed by atoms with van der Waals surface area (Å²) in [6, 6.07) is 21.0. The average Bonchev–Trinajstić information content (AvgIpc) is 2.86. The summed E-state index contributed by atoms with van der Waals surface area (Å²) >= 11 is 1.52. The molecule has 0 atom stereocenters. The van der Waals surface area contributed by atoms with E-state index >= 15 is 0 Å². The van der Waals surface area contributed by atoms with Gasteiger partial charge < -0.3 is 14.8 Å². The standard InChI is InChI=1S/C26H30N2O5S2/c1-4-32-25-11-6-5-10-24(25)28(35(30,31)23-14-12-22(34-3)13-15-23)19-26(29)27-16-17-33-21-9-7-8-20(2)18-21/h5-15,18H,4,16-17,19H2,1-3H3,(H,27,29). The predicted octanol–water partition coefficient (Wildman–Crippen LogP) is 4.51. The van der Waals surface area contributed by atoms with Crippen LogP contribution in [-0.2, 0) is 14.8 Å². The molecule has 0 unspecified atom stereocenters. The Bertz CT molecular complexity index is 1230. The number of thioether (sulfide) groups is 1. The first-order valence-electron chi connectivity index (χ1n) is 11.2. The van der Waals surface area contributed by atoms with E-state index in [1.54, 1.807) is 48.5 Å². The summed E-state index contributed by atoms with van der Waals surface area (Å²) in [6.07, 6.45) is 1.92. The van der Waals surface area contributed by atoms with Crippen molar-refractivity contribution in [1.29, 1.82) is 0 Å². The van der Waals surface area contributed by atoms with Gasteiger partial charge in [0, 0.05) is 4.90 Å². The number of carbonyl (C=O) groups excluding carboxylic acids is 1. The number of sulfonamides is 1. The van der Waals surface area contributed by atoms with Crippen LogP contribution in [0.15, 0.2) is 82.6 Å². The van der Waals surface area contributed by atoms with Gasteiger partial charge in [-0.15, -0.1) is 11.8 Å². The molecule has 186 valence electrons. The SMILES string of the molecule is CCOc1ccccc1N(CC(=O)NCCOc1cccc(C)c1)S(=O)(=O)c1ccc(SC)cc1. The van der Waals surface area contributed by atoms with Crippen LogP contribution < -0.4 is 19.1 Å². The lowest BCUT2D eigenvalue weighted by molar-refractivity contribution is -0.119. The summed E-state index contributed by atoms with van der Waals surface area (Å²) in [4.78, 5) is 13.9. The van der Waals surface area contributed by atoms with Gasteiger partial charge in [-0.25, -0.2) is 8.42 Å². The fourth-order valence-corrected chi connectivity index (χ4v) is 5.21. The van der Waals surface area contributed by atoms with Crippen molar-refractivity contribution < 1.29 is 22.7 Å². The number of rotatable bonds is 12. The summed E-state index contributed by atoms with van der Waals surface area (Å²) in [5.41, 5.74) is 1.38. The largest absolute Gasteiger partial charge is 0.492 e. The second-order valence-corrected chi connectivity index (χ2v) is 10.3. The highest BCUT2D eigenvalue weighted by molar-refractivity contribution is 7.98. The monoisotopic (exact) mass is 514 g/mol. The number of aryl methyl sites for hydroxylation is 1. The Morgan fingerprint density at radius 2 is 1.74 bits per heavy atom. The van der Waals surface area contributed by atoms with E-state index in [0.29, 0.717) is 23.8 Å². The third-order valence-corrected chi connectivity index (χ3v) is 7.57. The highest BCUT2D eigenvalue weighted by atomic mass is 32.2. The lowest BCUT2D eigenvalue weighted by Gasteiger charge is -2.26. The smallest absolute Gasteiger partial charge is 0.264 e. The molecule has 0 aromatic heterocycles. The zero-order valence-electron chi connectivity index (χ0n) is 20.1. The molecule has 1 N–H and O–H groups in total. The highest BCUT2D eigenvalue weighted by Gasteiger charge is 2.29. The lowest BCUT2D eigenvalue weighted by Crippen LogP contribution is -2.42. The zero-order chi connectivity index (χ0) is 25.3. The minimum absolute atomic E-state index is 0.0946. The fourth-order valence-electron chi connectivity index (χ4n) is 3.37. The van der Waals surface area contributed by atoms with Crippen molar-refractivity contribution in [2.45, 2.75) is 23.6 Å². The summed E-state index contributed by atoms with van der Waals surface area (Å²) in [7, 11) is -4.04. The van der Waals surface area contributed by atoms with Crippen LogP contribution >= 0.6 is 11.8 Å². The molecule has 35 heavy (non-hydrogen) atoms. The quantitative estimate of drug-likeness (QED) is 0.283. The van der Waals surface area contributed by atoms with E-state index in [1.165, 1.54) is 11.8 Å². The molecule has 0 heterocycles. The molecule has 7 nitrogen and oxygen atoms in total. The van der Waals surface area contributed by atoms with Gasteiger partial charge in [0.15, 0.2) is 0 Å². The van der Waals surface area contributed by atoms with Gasteiger partial charge in [0.2, 0.25) is 5.91 Å². The van der Waals surface area contributed by atoms with Crippen molar-refractivity contribution >= 4 is 33.4 Å². The van der Waals surface area contributed by atoms with Crippen LogP contribution in [0.5, 0.6) is 11.5 Å². The molecule has 0 aliphatic rings. The van der Waals surface area contributed by atoms with Gasteiger partial charge in [0.05, 0.1) is 23.7 Å². The van der Waals surface area contributed by atoms with E-state index in [-0.39, 0.29) is 18.0 Å². The Hall–Kier alpha value is -3.17. The number of carbonyl (C=O) groups is 1. The van der Waals surface area contributed by atoms with Gasteiger partial charge >= 0.3 is 0 Å². The summed E-state index contributed by atoms with van der Waals surface area (Å²) in [5.74, 6) is 0.645. The van der Waals surface area contributed by atoms with E-state index in [2.05, 4.69) is 5.32 Å². The topological polar surface area (TPSA) is 84.9 Å². The van der Waals surface area contributed by atoms with Crippen LogP contribution in [0, 0.1) is 6.92 Å². The average molecular weight is 515 g/mol. The molecule has 0 saturated heterocycles. The van der Waals surface area contributed by atoms with Crippen LogP contribution in [0.4, 0.5) is 5.69 Å². The molecule has 3 aromatic rings. The Labute approximate surface area is 211 Å². The fraction of sp³-hybridized carbons (Fsp3) is 0.269. The molecule has 9 heteroatoms. The minimum Gasteiger partial charge on any atom is -0.492 e. The molecule has 0 aliphatic carbocycles. The van der Waals surface area contributed by atoms with E-state index in [1.807, 2.05) is 44.4 Å². The third kappa shape index (κ3) is 7.16. The minimum atomic E-state index is -4.04. The number of nitrogens with zero attached hydrogens (tertiary/aromatic N) is 1. The first-order valence-corrected chi connectivity index (χ1v) is 13.9. The first kappa shape index (κ1) is 26.4. The Morgan fingerprint density at radius 3 is 2.43 bits per heavy atom. The van der Waals surface area contributed by atoms with E-state index in [9.17, 15) is 13.2 Å². The molecule has 0 saturated carbocycles. The number of ether oxygens (including phenoxy) is 2. The van der Waals surface area contributed by atoms with Crippen LogP contribution in [0.3, 0.4) is 0 Å². The summed E-state index contributed by atoms with van der Waals surface area (Å²) < 4.78 is 39.7. The molecule has 3 rings (SSSR count). The van der Waals surface area contributed by atoms with E-state index in [4.69, 9.17) is 9.47 Å². The molecule has 0 spiro atoms. The number of anilines is 1. The molecule has 0 fully saturated rings. The summed E-state index contributed by atoms with van der Waals surface area (Å²) in [6.45, 7) is 4.23. The van der Waals surface area contributed by atoms with Crippen LogP contribution in [-0.4, -0.2) is 46.9 Å². The highest BCUT2D eigenvalue weighted by Crippen LogP contribution is 2.32. The van der Waals surface area contributed by atoms with Gasteiger partial charge in [-0.05, 0) is 74.2 Å². The number of hydrogen-bond acceptors (Lipinski definition) is 6. The maximum Gasteiger partial charge on any atom is 0.264 e. The molecule has 0 aliphatic heterocycles. The zero-order valence-corrected chi connectivity index (χ0v) is 21.7. The van der Waals surface area contributed by atoms with Crippen molar-refractivity contribution in [3.8, 4) is 11.5 Å². The molecule has 3 aromatic carbocycles. The Kier molecular flexibility index (Phi) is 9.45. The number of nitrogens with one attached hydrogen (secondary N) is 1. The third-order valence-electron chi connectivity index (χ3n) is 5.05. The van der Waals surface area contributed by atoms with Crippen molar-refractivity contribution in [2.24, 2.45) is 0 Å². The van der Waals surface area contributed by atoms with Gasteiger partial charge in [-0.1, -0.05) is 24.3 Å². The maximum atomic E-state index is 13.6. The van der Waals surface area contributed by atoms with Gasteiger partial charge in [0.25, 0.3) is 10.0 Å². The van der Waals surface area contributed by atoms with Gasteiger partial charge in [0.1, 0.15) is 24.7 Å². The number of benzene rings is 3. The first-order chi connectivity index (χ1) is 16.8.